The number of nitrogens with zero attached hydrogens (tertiary/aromatic N) is 2. The van der Waals surface area contributed by atoms with Crippen LogP contribution in [0.25, 0.3) is 11.0 Å². The molecule has 1 aliphatic rings. The number of benzene rings is 1. The van der Waals surface area contributed by atoms with Gasteiger partial charge in [-0.25, -0.2) is 9.37 Å². The lowest BCUT2D eigenvalue weighted by atomic mass is 10.0. The van der Waals surface area contributed by atoms with E-state index in [1.54, 1.807) is 6.07 Å². The number of fused-ring (bicyclic) bond motifs is 1. The number of amides is 1. The number of nitrogens with one attached hydrogen (secondary N) is 2. The highest BCUT2D eigenvalue weighted by atomic mass is 19.1. The van der Waals surface area contributed by atoms with Crippen LogP contribution in [0.3, 0.4) is 0 Å². The zero-order valence-corrected chi connectivity index (χ0v) is 11.3. The summed E-state index contributed by atoms with van der Waals surface area (Å²) in [6.07, 6.45) is 0.594. The van der Waals surface area contributed by atoms with E-state index in [2.05, 4.69) is 15.6 Å². The summed E-state index contributed by atoms with van der Waals surface area (Å²) in [5.41, 5.74) is 1.16. The summed E-state index contributed by atoms with van der Waals surface area (Å²) in [7, 11) is 1.86. The summed E-state index contributed by atoms with van der Waals surface area (Å²) < 4.78 is 15.5. The second-order valence-electron chi connectivity index (χ2n) is 5.09. The number of para-hydroxylation sites is 1. The zero-order chi connectivity index (χ0) is 14.1. The first kappa shape index (κ1) is 13.1. The summed E-state index contributed by atoms with van der Waals surface area (Å²) in [5, 5.41) is 5.96. The normalized spacial score (nSPS) is 15.3. The summed E-state index contributed by atoms with van der Waals surface area (Å²) in [6, 6.07) is 4.92. The first-order chi connectivity index (χ1) is 9.66. The number of carbonyl (C=O) groups is 1. The van der Waals surface area contributed by atoms with Gasteiger partial charge in [0.25, 0.3) is 0 Å². The number of hydrogen-bond acceptors (Lipinski definition) is 3. The molecule has 0 saturated carbocycles. The highest BCUT2D eigenvalue weighted by Crippen LogP contribution is 2.18. The Bertz CT molecular complexity index is 648. The third-order valence-electron chi connectivity index (χ3n) is 3.75. The van der Waals surface area contributed by atoms with Crippen molar-refractivity contribution in [3.05, 3.63) is 29.8 Å². The lowest BCUT2D eigenvalue weighted by Gasteiger charge is -2.25. The molecule has 1 saturated heterocycles. The van der Waals surface area contributed by atoms with Crippen molar-refractivity contribution in [3.63, 3.8) is 0 Å². The van der Waals surface area contributed by atoms with Crippen LogP contribution in [0.1, 0.15) is 5.82 Å². The topological polar surface area (TPSA) is 59.0 Å². The van der Waals surface area contributed by atoms with Crippen molar-refractivity contribution in [2.24, 2.45) is 13.0 Å². The van der Waals surface area contributed by atoms with Crippen LogP contribution in [-0.2, 0) is 18.3 Å². The van der Waals surface area contributed by atoms with E-state index in [4.69, 9.17) is 0 Å². The van der Waals surface area contributed by atoms with E-state index >= 15 is 0 Å². The molecule has 1 aromatic carbocycles. The summed E-state index contributed by atoms with van der Waals surface area (Å²) in [6.45, 7) is 2.03. The van der Waals surface area contributed by atoms with Gasteiger partial charge in [-0.05, 0) is 12.1 Å². The number of carbonyl (C=O) groups excluding carboxylic acids is 1. The molecule has 6 heteroatoms. The van der Waals surface area contributed by atoms with E-state index in [0.717, 1.165) is 24.4 Å². The molecule has 2 heterocycles. The molecule has 1 amide bonds. The van der Waals surface area contributed by atoms with Gasteiger partial charge >= 0.3 is 0 Å². The number of aryl methyl sites for hydroxylation is 1. The van der Waals surface area contributed by atoms with Gasteiger partial charge in [-0.1, -0.05) is 6.07 Å². The maximum Gasteiger partial charge on any atom is 0.225 e. The van der Waals surface area contributed by atoms with Crippen LogP contribution in [0, 0.1) is 11.7 Å². The van der Waals surface area contributed by atoms with Crippen LogP contribution in [0.5, 0.6) is 0 Å². The van der Waals surface area contributed by atoms with Crippen molar-refractivity contribution in [1.82, 2.24) is 20.2 Å². The zero-order valence-electron chi connectivity index (χ0n) is 11.3. The SMILES string of the molecule is Cn1c(CCNC(=O)C2CNC2)nc2c(F)cccc21. The van der Waals surface area contributed by atoms with Gasteiger partial charge in [0.1, 0.15) is 11.3 Å². The molecule has 20 heavy (non-hydrogen) atoms. The predicted octanol–water partition coefficient (Wildman–Crippen LogP) is 0.590. The Morgan fingerprint density at radius 3 is 3.00 bits per heavy atom. The lowest BCUT2D eigenvalue weighted by Crippen LogP contribution is -2.51. The predicted molar refractivity (Wildman–Crippen MR) is 73.7 cm³/mol. The molecule has 2 N–H and O–H groups in total. The van der Waals surface area contributed by atoms with Gasteiger partial charge in [0.15, 0.2) is 5.82 Å². The number of rotatable bonds is 4. The standard InChI is InChI=1S/C14H17FN4O/c1-19-11-4-2-3-10(15)13(11)18-12(19)5-6-17-14(20)9-7-16-8-9/h2-4,9,16H,5-8H2,1H3,(H,17,20). The molecule has 0 radical (unpaired) electrons. The smallest absolute Gasteiger partial charge is 0.225 e. The molecule has 0 atom stereocenters. The van der Waals surface area contributed by atoms with Crippen LogP contribution in [0.15, 0.2) is 18.2 Å². The fourth-order valence-corrected chi connectivity index (χ4v) is 2.37. The molecule has 3 rings (SSSR count). The molecule has 5 nitrogen and oxygen atoms in total. The summed E-state index contributed by atoms with van der Waals surface area (Å²) >= 11 is 0. The second-order valence-corrected chi connectivity index (χ2v) is 5.09. The van der Waals surface area contributed by atoms with Crippen molar-refractivity contribution < 1.29 is 9.18 Å². The summed E-state index contributed by atoms with van der Waals surface area (Å²) in [4.78, 5) is 16.0. The Balaban J connectivity index is 1.67. The molecule has 1 aliphatic heterocycles. The van der Waals surface area contributed by atoms with Crippen molar-refractivity contribution in [1.29, 1.82) is 0 Å². The Morgan fingerprint density at radius 2 is 2.35 bits per heavy atom. The summed E-state index contributed by atoms with van der Waals surface area (Å²) in [5.74, 6) is 0.632. The van der Waals surface area contributed by atoms with Crippen LogP contribution in [-0.4, -0.2) is 35.1 Å². The Morgan fingerprint density at radius 1 is 1.55 bits per heavy atom. The van der Waals surface area contributed by atoms with E-state index < -0.39 is 0 Å². The Labute approximate surface area is 116 Å². The number of hydrogen-bond donors (Lipinski definition) is 2. The van der Waals surface area contributed by atoms with Gasteiger partial charge in [-0.2, -0.15) is 0 Å². The molecule has 0 bridgehead atoms. The molecule has 0 unspecified atom stereocenters. The van der Waals surface area contributed by atoms with E-state index in [-0.39, 0.29) is 17.6 Å². The minimum absolute atomic E-state index is 0.0775. The van der Waals surface area contributed by atoms with E-state index in [9.17, 15) is 9.18 Å². The van der Waals surface area contributed by atoms with Crippen molar-refractivity contribution >= 4 is 16.9 Å². The second kappa shape index (κ2) is 5.20. The Kier molecular flexibility index (Phi) is 3.40. The first-order valence-corrected chi connectivity index (χ1v) is 6.75. The van der Waals surface area contributed by atoms with E-state index in [1.807, 2.05) is 17.7 Å². The lowest BCUT2D eigenvalue weighted by molar-refractivity contribution is -0.126. The maximum absolute atomic E-state index is 13.6. The van der Waals surface area contributed by atoms with Gasteiger partial charge in [0, 0.05) is 33.1 Å². The van der Waals surface area contributed by atoms with Gasteiger partial charge in [-0.3, -0.25) is 4.79 Å². The van der Waals surface area contributed by atoms with Crippen molar-refractivity contribution in [3.8, 4) is 0 Å². The van der Waals surface area contributed by atoms with Crippen LogP contribution in [0.4, 0.5) is 4.39 Å². The van der Waals surface area contributed by atoms with Crippen LogP contribution in [0.2, 0.25) is 0 Å². The molecular weight excluding hydrogens is 259 g/mol. The minimum Gasteiger partial charge on any atom is -0.355 e. The molecular formula is C14H17FN4O. The largest absolute Gasteiger partial charge is 0.355 e. The molecule has 0 spiro atoms. The molecule has 1 fully saturated rings. The van der Waals surface area contributed by atoms with Crippen molar-refractivity contribution in [2.45, 2.75) is 6.42 Å². The van der Waals surface area contributed by atoms with Gasteiger partial charge in [0.2, 0.25) is 5.91 Å². The van der Waals surface area contributed by atoms with E-state index in [0.29, 0.717) is 18.5 Å². The van der Waals surface area contributed by atoms with Crippen molar-refractivity contribution in [2.75, 3.05) is 19.6 Å². The molecule has 106 valence electrons. The molecule has 1 aromatic heterocycles. The highest BCUT2D eigenvalue weighted by Gasteiger charge is 2.24. The monoisotopic (exact) mass is 276 g/mol. The average molecular weight is 276 g/mol. The number of aromatic nitrogens is 2. The molecule has 0 aliphatic carbocycles. The average Bonchev–Trinajstić information content (AvgIpc) is 2.67. The Hall–Kier alpha value is -1.95. The van der Waals surface area contributed by atoms with Gasteiger partial charge in [0.05, 0.1) is 11.4 Å². The quantitative estimate of drug-likeness (QED) is 0.859. The third kappa shape index (κ3) is 2.27. The third-order valence-corrected chi connectivity index (χ3v) is 3.75. The number of halogens is 1. The molecule has 2 aromatic rings. The fourth-order valence-electron chi connectivity index (χ4n) is 2.37. The highest BCUT2D eigenvalue weighted by molar-refractivity contribution is 5.80. The van der Waals surface area contributed by atoms with Crippen LogP contribution >= 0.6 is 0 Å². The number of imidazole rings is 1. The fraction of sp³-hybridized carbons (Fsp3) is 0.429. The van der Waals surface area contributed by atoms with Gasteiger partial charge < -0.3 is 15.2 Å². The van der Waals surface area contributed by atoms with E-state index in [1.165, 1.54) is 6.07 Å². The maximum atomic E-state index is 13.6. The minimum atomic E-state index is -0.311. The van der Waals surface area contributed by atoms with Gasteiger partial charge in [-0.15, -0.1) is 0 Å². The van der Waals surface area contributed by atoms with Crippen LogP contribution < -0.4 is 10.6 Å². The first-order valence-electron chi connectivity index (χ1n) is 6.75.